The van der Waals surface area contributed by atoms with Gasteiger partial charge in [0.2, 0.25) is 0 Å². The van der Waals surface area contributed by atoms with Crippen molar-refractivity contribution in [2.75, 3.05) is 78.7 Å². The lowest BCUT2D eigenvalue weighted by Gasteiger charge is -2.32. The van der Waals surface area contributed by atoms with Gasteiger partial charge in [-0.3, -0.25) is 34.2 Å². The van der Waals surface area contributed by atoms with Crippen LogP contribution < -0.4 is 20.9 Å². The molecule has 7 heterocycles. The van der Waals surface area contributed by atoms with Gasteiger partial charge in [-0.1, -0.05) is 123 Å². The Hall–Kier alpha value is -9.59. The van der Waals surface area contributed by atoms with E-state index in [-0.39, 0.29) is 23.7 Å². The summed E-state index contributed by atoms with van der Waals surface area (Å²) in [5.74, 6) is -6.99. The van der Waals surface area contributed by atoms with Crippen molar-refractivity contribution in [3.8, 4) is 6.19 Å². The number of nitrogens with zero attached hydrogens (tertiary/aromatic N) is 11. The van der Waals surface area contributed by atoms with Gasteiger partial charge in [0.05, 0.1) is 66.1 Å². The maximum atomic E-state index is 13.9. The van der Waals surface area contributed by atoms with E-state index < -0.39 is 69.3 Å². The van der Waals surface area contributed by atoms with Crippen molar-refractivity contribution < 1.29 is 50.2 Å². The minimum atomic E-state index is -0.951. The number of thiazole rings is 1. The molecule has 0 saturated carbocycles. The molecule has 0 bridgehead atoms. The van der Waals surface area contributed by atoms with Crippen molar-refractivity contribution in [2.45, 2.75) is 87.5 Å². The van der Waals surface area contributed by atoms with E-state index in [2.05, 4.69) is 136 Å². The predicted molar refractivity (Wildman–Crippen MR) is 382 cm³/mol. The van der Waals surface area contributed by atoms with Crippen LogP contribution in [-0.2, 0) is 16.0 Å². The molecule has 0 fully saturated rings. The Morgan fingerprint density at radius 3 is 1.28 bits per heavy atom. The second-order valence-corrected chi connectivity index (χ2v) is 25.7. The first kappa shape index (κ1) is 77.2. The molecule has 0 unspecified atom stereocenters. The van der Waals surface area contributed by atoms with Gasteiger partial charge in [-0.2, -0.15) is 5.26 Å². The number of hydrogen-bond acceptors (Lipinski definition) is 17. The Kier molecular flexibility index (Phi) is 28.8. The molecule has 0 radical (unpaired) electrons. The minimum Gasteiger partial charge on any atom is -0.352 e. The zero-order chi connectivity index (χ0) is 72.7. The number of anilines is 4. The predicted octanol–water partition coefficient (Wildman–Crippen LogP) is 15.5. The first-order valence-electron chi connectivity index (χ1n) is 32.8. The summed E-state index contributed by atoms with van der Waals surface area (Å²) in [5, 5.41) is 20.0. The number of carbonyl (C=O) groups is 3. The Bertz CT molecular complexity index is 4170. The Balaban J connectivity index is 0.000000182. The summed E-state index contributed by atoms with van der Waals surface area (Å²) in [4.78, 5) is 73.4. The summed E-state index contributed by atoms with van der Waals surface area (Å²) in [5.41, 5.74) is 8.39. The first-order valence-corrected chi connectivity index (χ1v) is 34.8. The van der Waals surface area contributed by atoms with Crippen molar-refractivity contribution in [3.05, 3.63) is 225 Å². The minimum absolute atomic E-state index is 0.0694. The molecule has 530 valence electrons. The molecule has 3 aliphatic heterocycles. The third-order valence-corrected chi connectivity index (χ3v) is 17.8. The number of hydrogen-bond donors (Lipinski definition) is 3. The summed E-state index contributed by atoms with van der Waals surface area (Å²) < 4.78 is 93.2. The highest BCUT2D eigenvalue weighted by Gasteiger charge is 2.28. The number of halogens is 7. The molecule has 3 amide bonds. The maximum Gasteiger partial charge on any atom is 0.262 e. The van der Waals surface area contributed by atoms with Crippen LogP contribution in [0.2, 0.25) is 0 Å². The number of nitriles is 1. The van der Waals surface area contributed by atoms with Crippen LogP contribution in [0, 0.1) is 64.1 Å². The van der Waals surface area contributed by atoms with Crippen LogP contribution in [0.4, 0.5) is 48.9 Å². The molecule has 19 nitrogen and oxygen atoms in total. The Labute approximate surface area is 596 Å². The zero-order valence-corrected chi connectivity index (χ0v) is 59.6. The highest BCUT2D eigenvalue weighted by Crippen LogP contribution is 2.35. The highest BCUT2D eigenvalue weighted by molar-refractivity contribution is 9.09. The average molecular weight is 1470 g/mol. The van der Waals surface area contributed by atoms with E-state index in [1.807, 2.05) is 37.4 Å². The van der Waals surface area contributed by atoms with Crippen molar-refractivity contribution >= 4 is 84.3 Å². The van der Waals surface area contributed by atoms with E-state index in [9.17, 15) is 46.0 Å². The van der Waals surface area contributed by atoms with Crippen LogP contribution in [0.15, 0.2) is 150 Å². The van der Waals surface area contributed by atoms with E-state index in [0.717, 1.165) is 115 Å². The molecule has 0 atom stereocenters. The lowest BCUT2D eigenvalue weighted by Crippen LogP contribution is -2.32. The van der Waals surface area contributed by atoms with Crippen LogP contribution in [0.25, 0.3) is 16.7 Å². The van der Waals surface area contributed by atoms with Gasteiger partial charge < -0.3 is 35.2 Å². The summed E-state index contributed by atoms with van der Waals surface area (Å²) in [6.07, 6.45) is 15.3. The molecule has 101 heavy (non-hydrogen) atoms. The van der Waals surface area contributed by atoms with E-state index in [1.54, 1.807) is 34.8 Å². The van der Waals surface area contributed by atoms with Crippen molar-refractivity contribution in [1.82, 2.24) is 44.7 Å². The van der Waals surface area contributed by atoms with Gasteiger partial charge in [0.1, 0.15) is 51.6 Å². The smallest absolute Gasteiger partial charge is 0.262 e. The van der Waals surface area contributed by atoms with E-state index >= 15 is 0 Å². The van der Waals surface area contributed by atoms with Crippen LogP contribution >= 0.6 is 27.3 Å². The number of nitrogens with one attached hydrogen (secondary N) is 3. The summed E-state index contributed by atoms with van der Waals surface area (Å²) >= 11 is 4.86. The van der Waals surface area contributed by atoms with E-state index in [1.165, 1.54) is 65.3 Å². The fourth-order valence-electron chi connectivity index (χ4n) is 11.5. The lowest BCUT2D eigenvalue weighted by molar-refractivity contribution is -0.119. The lowest BCUT2D eigenvalue weighted by atomic mass is 9.89. The van der Waals surface area contributed by atoms with Crippen LogP contribution in [0.5, 0.6) is 0 Å². The molecular formula is C74H79BrF6N14O5S. The standard InChI is InChI=1S/C26H26F2N4O.C22H21F2N5OS.C20H19F2N5O.C6H13BrO2/c1-17(2)19-11-12-32(15-18-7-4-3-5-8-18)16-20(19)23-13-30-24(14-29-23)31-26(33)25-21(27)9-6-10-22(25)28;1-13(2)14-6-8-29(22-25-7-9-31-22)12-15(14)18-10-27-19(11-26-18)28-21(30)20-16(23)4-3-5-17(20)24;1-12(2)13-6-7-27(11-23)10-14(13)17-8-25-18(9-24-17)26-20(28)19-15(21)4-3-5-16(19)22;1-3-8-6(5-7)9-4-2/h3-10,13-14,17H,11-12,15-16H2,1-2H3,(H,30,31,33);3-5,7,9-11,13H,6,8,12H2,1-2H3,(H,27,28,30);3-5,8-9,12H,6-7,10H2,1-2H3,(H,25,26,28);6H,3-5H2,1-2H3. The molecule has 11 rings (SSSR count). The van der Waals surface area contributed by atoms with Gasteiger partial charge in [0.25, 0.3) is 17.7 Å². The number of aromatic nitrogens is 7. The second kappa shape index (κ2) is 37.7. The van der Waals surface area contributed by atoms with Gasteiger partial charge >= 0.3 is 0 Å². The summed E-state index contributed by atoms with van der Waals surface area (Å²) in [6, 6.07) is 20.1. The average Bonchev–Trinajstić information content (AvgIpc) is 1.77. The van der Waals surface area contributed by atoms with Gasteiger partial charge in [0, 0.05) is 64.1 Å². The number of carbonyl (C=O) groups excluding carboxylic acids is 3. The van der Waals surface area contributed by atoms with Crippen molar-refractivity contribution in [1.29, 1.82) is 5.26 Å². The van der Waals surface area contributed by atoms with E-state index in [4.69, 9.17) is 9.47 Å². The molecule has 0 spiro atoms. The first-order chi connectivity index (χ1) is 48.6. The summed E-state index contributed by atoms with van der Waals surface area (Å²) in [7, 11) is 0. The number of ether oxygens (including phenoxy) is 2. The Morgan fingerprint density at radius 1 is 0.525 bits per heavy atom. The molecule has 4 aromatic heterocycles. The van der Waals surface area contributed by atoms with Gasteiger partial charge in [0.15, 0.2) is 35.1 Å². The largest absolute Gasteiger partial charge is 0.352 e. The molecule has 3 aliphatic rings. The van der Waals surface area contributed by atoms with E-state index in [0.29, 0.717) is 62.0 Å². The normalized spacial score (nSPS) is 14.0. The number of alkyl halides is 1. The third kappa shape index (κ3) is 21.2. The van der Waals surface area contributed by atoms with Crippen LogP contribution in [-0.4, -0.2) is 127 Å². The fourth-order valence-corrected chi connectivity index (χ4v) is 12.5. The molecule has 0 saturated heterocycles. The number of benzene rings is 4. The van der Waals surface area contributed by atoms with Crippen LogP contribution in [0.1, 0.15) is 128 Å². The topological polar surface area (TPSA) is 230 Å². The molecule has 0 aliphatic carbocycles. The molecule has 3 N–H and O–H groups in total. The number of rotatable bonds is 20. The van der Waals surface area contributed by atoms with Crippen molar-refractivity contribution in [2.24, 2.45) is 17.8 Å². The highest BCUT2D eigenvalue weighted by atomic mass is 79.9. The summed E-state index contributed by atoms with van der Waals surface area (Å²) in [6.45, 7) is 23.4. The Morgan fingerprint density at radius 2 is 0.921 bits per heavy atom. The SMILES string of the molecule is CC(C)C1=C(c2cnc(NC(=O)c3c(F)cccc3F)cn2)CN(C#N)CC1.CC(C)C1=C(c2cnc(NC(=O)c3c(F)cccc3F)cn2)CN(Cc2ccccc2)CC1.CC(C)C1=C(c2cnc(NC(=O)c3c(F)cccc3F)cn2)CN(c2nccs2)CC1.CCOC(CBr)OCC. The van der Waals surface area contributed by atoms with Gasteiger partial charge in [-0.25, -0.2) is 46.3 Å². The fraction of sp³-hybridized carbons (Fsp3) is 0.338. The van der Waals surface area contributed by atoms with Gasteiger partial charge in [-0.15, -0.1) is 11.3 Å². The monoisotopic (exact) mass is 1470 g/mol. The third-order valence-electron chi connectivity index (χ3n) is 16.4. The van der Waals surface area contributed by atoms with Crippen molar-refractivity contribution in [3.63, 3.8) is 0 Å². The van der Waals surface area contributed by atoms with Gasteiger partial charge in [-0.05, 0) is 110 Å². The quantitative estimate of drug-likeness (QED) is 0.0279. The molecular weight excluding hydrogens is 1390 g/mol. The van der Waals surface area contributed by atoms with Crippen LogP contribution in [0.3, 0.4) is 0 Å². The second-order valence-electron chi connectivity index (χ2n) is 24.2. The zero-order valence-electron chi connectivity index (χ0n) is 57.2. The number of amides is 3. The molecule has 27 heteroatoms. The molecule has 4 aromatic carbocycles. The maximum absolute atomic E-state index is 13.9. The molecule has 8 aromatic rings.